The van der Waals surface area contributed by atoms with Gasteiger partial charge >= 0.3 is 5.97 Å². The minimum atomic E-state index is -0.549. The van der Waals surface area contributed by atoms with E-state index in [1.807, 2.05) is 0 Å². The third-order valence-corrected chi connectivity index (χ3v) is 2.64. The van der Waals surface area contributed by atoms with E-state index in [4.69, 9.17) is 10.5 Å². The molecule has 2 heterocycles. The van der Waals surface area contributed by atoms with Gasteiger partial charge in [-0.3, -0.25) is 4.98 Å². The smallest absolute Gasteiger partial charge is 0.341 e. The minimum Gasteiger partial charge on any atom is -0.465 e. The highest BCUT2D eigenvalue weighted by Gasteiger charge is 2.15. The zero-order valence-electron chi connectivity index (χ0n) is 9.96. The van der Waals surface area contributed by atoms with E-state index in [2.05, 4.69) is 30.6 Å². The van der Waals surface area contributed by atoms with E-state index in [1.54, 1.807) is 12.3 Å². The first-order chi connectivity index (χ1) is 9.10. The summed E-state index contributed by atoms with van der Waals surface area (Å²) < 4.78 is 11.0. The maximum atomic E-state index is 11.6. The van der Waals surface area contributed by atoms with Crippen LogP contribution in [0.25, 0.3) is 0 Å². The quantitative estimate of drug-likeness (QED) is 0.872. The van der Waals surface area contributed by atoms with Gasteiger partial charge in [-0.25, -0.2) is 9.78 Å². The second-order valence-corrected chi connectivity index (χ2v) is 4.45. The van der Waals surface area contributed by atoms with Crippen LogP contribution in [0.5, 0.6) is 11.5 Å². The summed E-state index contributed by atoms with van der Waals surface area (Å²) in [5.74, 6) is 0.374. The van der Waals surface area contributed by atoms with Gasteiger partial charge in [0.2, 0.25) is 0 Å². The van der Waals surface area contributed by atoms with E-state index in [9.17, 15) is 4.79 Å². The number of ether oxygens (including phenoxy) is 2. The van der Waals surface area contributed by atoms with Crippen molar-refractivity contribution in [1.82, 2.24) is 9.97 Å². The molecule has 0 saturated carbocycles. The largest absolute Gasteiger partial charge is 0.465 e. The summed E-state index contributed by atoms with van der Waals surface area (Å²) in [5.41, 5.74) is 5.75. The van der Waals surface area contributed by atoms with Crippen molar-refractivity contribution < 1.29 is 14.3 Å². The number of esters is 1. The highest BCUT2D eigenvalue weighted by molar-refractivity contribution is 9.10. The van der Waals surface area contributed by atoms with Gasteiger partial charge in [0.05, 0.1) is 19.5 Å². The number of rotatable bonds is 3. The van der Waals surface area contributed by atoms with Gasteiger partial charge in [-0.15, -0.1) is 0 Å². The third kappa shape index (κ3) is 3.19. The molecule has 0 atom stereocenters. The molecule has 0 saturated heterocycles. The van der Waals surface area contributed by atoms with Gasteiger partial charge in [0.1, 0.15) is 17.1 Å². The molecule has 0 amide bonds. The third-order valence-electron chi connectivity index (χ3n) is 2.20. The summed E-state index contributed by atoms with van der Waals surface area (Å²) in [6.07, 6.45) is 4.50. The van der Waals surface area contributed by atoms with Crippen LogP contribution in [0.4, 0.5) is 5.82 Å². The molecule has 0 aliphatic heterocycles. The van der Waals surface area contributed by atoms with Gasteiger partial charge in [0.15, 0.2) is 5.75 Å². The first kappa shape index (κ1) is 13.3. The Kier molecular flexibility index (Phi) is 3.96. The van der Waals surface area contributed by atoms with Crippen molar-refractivity contribution in [2.45, 2.75) is 0 Å². The fourth-order valence-corrected chi connectivity index (χ4v) is 1.73. The molecule has 19 heavy (non-hydrogen) atoms. The topological polar surface area (TPSA) is 87.3 Å². The lowest BCUT2D eigenvalue weighted by atomic mass is 10.2. The summed E-state index contributed by atoms with van der Waals surface area (Å²) in [7, 11) is 1.28. The average Bonchev–Trinajstić information content (AvgIpc) is 2.40. The number of anilines is 1. The number of nitrogen functional groups attached to an aromatic ring is 1. The molecule has 6 nitrogen and oxygen atoms in total. The van der Waals surface area contributed by atoms with Crippen molar-refractivity contribution in [1.29, 1.82) is 0 Å². The van der Waals surface area contributed by atoms with E-state index < -0.39 is 5.97 Å². The molecule has 0 fully saturated rings. The Bertz CT molecular complexity index is 619. The highest BCUT2D eigenvalue weighted by Crippen LogP contribution is 2.27. The molecule has 2 N–H and O–H groups in total. The molecule has 2 aromatic rings. The van der Waals surface area contributed by atoms with Crippen molar-refractivity contribution in [3.63, 3.8) is 0 Å². The maximum Gasteiger partial charge on any atom is 0.341 e. The van der Waals surface area contributed by atoms with Gasteiger partial charge in [0.25, 0.3) is 0 Å². The number of aromatic nitrogens is 2. The van der Waals surface area contributed by atoms with Gasteiger partial charge < -0.3 is 15.2 Å². The van der Waals surface area contributed by atoms with Gasteiger partial charge in [-0.05, 0) is 28.1 Å². The van der Waals surface area contributed by atoms with E-state index >= 15 is 0 Å². The Hall–Kier alpha value is -2.15. The van der Waals surface area contributed by atoms with Gasteiger partial charge in [0, 0.05) is 10.7 Å². The molecule has 0 unspecified atom stereocenters. The van der Waals surface area contributed by atoms with Gasteiger partial charge in [-0.1, -0.05) is 0 Å². The molecule has 0 aromatic carbocycles. The Morgan fingerprint density at radius 3 is 2.79 bits per heavy atom. The average molecular weight is 324 g/mol. The zero-order valence-corrected chi connectivity index (χ0v) is 11.5. The normalized spacial score (nSPS) is 10.0. The monoisotopic (exact) mass is 323 g/mol. The minimum absolute atomic E-state index is 0.204. The fourth-order valence-electron chi connectivity index (χ4n) is 1.38. The Morgan fingerprint density at radius 2 is 2.11 bits per heavy atom. The number of pyridine rings is 2. The van der Waals surface area contributed by atoms with Crippen LogP contribution >= 0.6 is 15.9 Å². The number of carbonyl (C=O) groups excluding carboxylic acids is 1. The molecule has 0 bridgehead atoms. The number of hydrogen-bond acceptors (Lipinski definition) is 6. The summed E-state index contributed by atoms with van der Waals surface area (Å²) in [6.45, 7) is 0. The first-order valence-corrected chi connectivity index (χ1v) is 6.01. The highest BCUT2D eigenvalue weighted by atomic mass is 79.9. The second kappa shape index (κ2) is 5.66. The van der Waals surface area contributed by atoms with Crippen LogP contribution in [0.2, 0.25) is 0 Å². The van der Waals surface area contributed by atoms with E-state index in [0.29, 0.717) is 5.75 Å². The second-order valence-electron chi connectivity index (χ2n) is 3.54. The van der Waals surface area contributed by atoms with Crippen LogP contribution in [0.3, 0.4) is 0 Å². The number of nitrogens with two attached hydrogens (primary N) is 1. The molecular weight excluding hydrogens is 314 g/mol. The predicted octanol–water partition coefficient (Wildman–Crippen LogP) is 2.40. The number of nitrogens with zero attached hydrogens (tertiary/aromatic N) is 2. The zero-order chi connectivity index (χ0) is 13.8. The van der Waals surface area contributed by atoms with Crippen LogP contribution in [0.1, 0.15) is 10.4 Å². The Balaban J connectivity index is 2.37. The molecule has 7 heteroatoms. The summed E-state index contributed by atoms with van der Waals surface area (Å²) in [5, 5.41) is 0. The predicted molar refractivity (Wildman–Crippen MR) is 72.0 cm³/mol. The molecule has 0 spiro atoms. The van der Waals surface area contributed by atoms with Crippen LogP contribution in [-0.2, 0) is 4.74 Å². The lowest BCUT2D eigenvalue weighted by molar-refractivity contribution is 0.0598. The summed E-state index contributed by atoms with van der Waals surface area (Å²) in [4.78, 5) is 19.5. The van der Waals surface area contributed by atoms with Crippen LogP contribution in [-0.4, -0.2) is 23.0 Å². The van der Waals surface area contributed by atoms with Gasteiger partial charge in [-0.2, -0.15) is 0 Å². The Labute approximate surface area is 117 Å². The Morgan fingerprint density at radius 1 is 1.32 bits per heavy atom. The van der Waals surface area contributed by atoms with Crippen molar-refractivity contribution in [3.8, 4) is 11.5 Å². The summed E-state index contributed by atoms with van der Waals surface area (Å²) in [6, 6.07) is 3.11. The lowest BCUT2D eigenvalue weighted by Gasteiger charge is -2.09. The van der Waals surface area contributed by atoms with Crippen molar-refractivity contribution in [2.24, 2.45) is 0 Å². The molecule has 2 rings (SSSR count). The molecule has 0 aliphatic carbocycles. The fraction of sp³-hybridized carbons (Fsp3) is 0.0833. The van der Waals surface area contributed by atoms with E-state index in [-0.39, 0.29) is 17.1 Å². The van der Waals surface area contributed by atoms with Crippen LogP contribution in [0, 0.1) is 0 Å². The van der Waals surface area contributed by atoms with Crippen LogP contribution in [0.15, 0.2) is 35.2 Å². The number of methoxy groups -OCH3 is 1. The number of hydrogen-bond donors (Lipinski definition) is 1. The molecule has 0 radical (unpaired) electrons. The number of carbonyl (C=O) groups is 1. The first-order valence-electron chi connectivity index (χ1n) is 5.22. The van der Waals surface area contributed by atoms with Crippen molar-refractivity contribution >= 4 is 27.7 Å². The lowest BCUT2D eigenvalue weighted by Crippen LogP contribution is -2.06. The summed E-state index contributed by atoms with van der Waals surface area (Å²) >= 11 is 3.28. The molecule has 2 aromatic heterocycles. The standard InChI is InChI=1S/C12H10BrN3O3/c1-18-12(17)9-3-11(14)16-6-10(9)19-8-2-7(13)4-15-5-8/h2-6H,1H3,(H2,14,16). The molecule has 98 valence electrons. The SMILES string of the molecule is COC(=O)c1cc(N)ncc1Oc1cncc(Br)c1. The maximum absolute atomic E-state index is 11.6. The van der Waals surface area contributed by atoms with E-state index in [0.717, 1.165) is 4.47 Å². The van der Waals surface area contributed by atoms with E-state index in [1.165, 1.54) is 25.6 Å². The molecular formula is C12H10BrN3O3. The van der Waals surface area contributed by atoms with Crippen molar-refractivity contribution in [2.75, 3.05) is 12.8 Å². The molecule has 0 aliphatic rings. The number of halogens is 1. The van der Waals surface area contributed by atoms with Crippen LogP contribution < -0.4 is 10.5 Å². The van der Waals surface area contributed by atoms with Crippen molar-refractivity contribution in [3.05, 3.63) is 40.8 Å².